The molecule has 0 aliphatic rings. The lowest BCUT2D eigenvalue weighted by Gasteiger charge is -2.11. The molecule has 0 bridgehead atoms. The van der Waals surface area contributed by atoms with Gasteiger partial charge >= 0.3 is 5.69 Å². The summed E-state index contributed by atoms with van der Waals surface area (Å²) in [5, 5.41) is 18.1. The van der Waals surface area contributed by atoms with Crippen LogP contribution in [0.4, 0.5) is 15.8 Å². The molecular weight excluding hydrogens is 363 g/mol. The van der Waals surface area contributed by atoms with Crippen LogP contribution in [0.15, 0.2) is 42.5 Å². The molecule has 3 aromatic rings. The number of amides is 1. The molecule has 1 N–H and O–H groups in total. The quantitative estimate of drug-likeness (QED) is 0.530. The van der Waals surface area contributed by atoms with Crippen molar-refractivity contribution in [2.45, 2.75) is 27.3 Å². The highest BCUT2D eigenvalue weighted by Crippen LogP contribution is 2.23. The second-order valence-electron chi connectivity index (χ2n) is 6.51. The van der Waals surface area contributed by atoms with E-state index in [0.717, 1.165) is 0 Å². The highest BCUT2D eigenvalue weighted by atomic mass is 19.1. The van der Waals surface area contributed by atoms with E-state index in [1.54, 1.807) is 57.2 Å². The standard InChI is InChI=1S/C20H19FN4O3/c1-12-8-9-16(10-18(12)21)22-20(26)17-7-5-4-6-15(17)11-24-14(3)19(25(27)28)13(2)23-24/h4-10H,11H2,1-3H3,(H,22,26). The molecule has 0 radical (unpaired) electrons. The molecule has 1 heterocycles. The third kappa shape index (κ3) is 3.75. The van der Waals surface area contributed by atoms with Gasteiger partial charge in [-0.05, 0) is 50.1 Å². The summed E-state index contributed by atoms with van der Waals surface area (Å²) >= 11 is 0. The van der Waals surface area contributed by atoms with Crippen molar-refractivity contribution in [3.05, 3.63) is 86.5 Å². The highest BCUT2D eigenvalue weighted by Gasteiger charge is 2.22. The summed E-state index contributed by atoms with van der Waals surface area (Å²) in [6.07, 6.45) is 0. The summed E-state index contributed by atoms with van der Waals surface area (Å²) in [7, 11) is 0. The number of carbonyl (C=O) groups excluding carboxylic acids is 1. The van der Waals surface area contributed by atoms with Crippen molar-refractivity contribution in [3.8, 4) is 0 Å². The minimum Gasteiger partial charge on any atom is -0.322 e. The first kappa shape index (κ1) is 19.2. The molecule has 3 rings (SSSR count). The molecule has 0 spiro atoms. The zero-order valence-corrected chi connectivity index (χ0v) is 15.7. The normalized spacial score (nSPS) is 10.7. The molecule has 0 unspecified atom stereocenters. The van der Waals surface area contributed by atoms with Crippen molar-refractivity contribution in [3.63, 3.8) is 0 Å². The first-order chi connectivity index (χ1) is 13.3. The summed E-state index contributed by atoms with van der Waals surface area (Å²) in [6.45, 7) is 5.04. The maximum atomic E-state index is 13.7. The fourth-order valence-electron chi connectivity index (χ4n) is 3.02. The molecule has 1 aromatic heterocycles. The van der Waals surface area contributed by atoms with Gasteiger partial charge in [0, 0.05) is 11.3 Å². The van der Waals surface area contributed by atoms with E-state index in [-0.39, 0.29) is 12.2 Å². The molecule has 1 amide bonds. The molecule has 0 saturated heterocycles. The van der Waals surface area contributed by atoms with Crippen LogP contribution in [-0.2, 0) is 6.54 Å². The fraction of sp³-hybridized carbons (Fsp3) is 0.200. The molecule has 0 atom stereocenters. The minimum absolute atomic E-state index is 0.0305. The van der Waals surface area contributed by atoms with Crippen molar-refractivity contribution < 1.29 is 14.1 Å². The van der Waals surface area contributed by atoms with Gasteiger partial charge in [0.05, 0.1) is 11.5 Å². The second kappa shape index (κ2) is 7.59. The Hall–Kier alpha value is -3.55. The smallest absolute Gasteiger partial charge is 0.312 e. The number of nitrogens with one attached hydrogen (secondary N) is 1. The van der Waals surface area contributed by atoms with E-state index >= 15 is 0 Å². The zero-order chi connectivity index (χ0) is 20.4. The van der Waals surface area contributed by atoms with Crippen molar-refractivity contribution in [1.29, 1.82) is 0 Å². The summed E-state index contributed by atoms with van der Waals surface area (Å²) < 4.78 is 15.2. The second-order valence-corrected chi connectivity index (χ2v) is 6.51. The minimum atomic E-state index is -0.460. The van der Waals surface area contributed by atoms with Crippen molar-refractivity contribution in [1.82, 2.24) is 9.78 Å². The Balaban J connectivity index is 1.89. The predicted molar refractivity (Wildman–Crippen MR) is 103 cm³/mol. The van der Waals surface area contributed by atoms with Gasteiger partial charge in [0.25, 0.3) is 5.91 Å². The lowest BCUT2D eigenvalue weighted by atomic mass is 10.1. The van der Waals surface area contributed by atoms with Gasteiger partial charge in [0.1, 0.15) is 17.2 Å². The van der Waals surface area contributed by atoms with Gasteiger partial charge in [0.15, 0.2) is 0 Å². The van der Waals surface area contributed by atoms with Crippen LogP contribution < -0.4 is 5.32 Å². The van der Waals surface area contributed by atoms with Crippen LogP contribution in [0, 0.1) is 36.7 Å². The van der Waals surface area contributed by atoms with Crippen molar-refractivity contribution >= 4 is 17.3 Å². The van der Waals surface area contributed by atoms with Crippen LogP contribution in [0.3, 0.4) is 0 Å². The number of aromatic nitrogens is 2. The van der Waals surface area contributed by atoms with Gasteiger partial charge in [-0.15, -0.1) is 0 Å². The summed E-state index contributed by atoms with van der Waals surface area (Å²) in [5.74, 6) is -0.795. The Kier molecular flexibility index (Phi) is 5.21. The van der Waals surface area contributed by atoms with Crippen LogP contribution in [0.1, 0.15) is 32.9 Å². The Morgan fingerprint density at radius 3 is 2.57 bits per heavy atom. The van der Waals surface area contributed by atoms with Crippen LogP contribution in [-0.4, -0.2) is 20.6 Å². The van der Waals surface area contributed by atoms with Crippen LogP contribution in [0.2, 0.25) is 0 Å². The first-order valence-corrected chi connectivity index (χ1v) is 8.61. The van der Waals surface area contributed by atoms with Gasteiger partial charge in [-0.2, -0.15) is 5.10 Å². The number of aryl methyl sites for hydroxylation is 2. The maximum absolute atomic E-state index is 13.7. The van der Waals surface area contributed by atoms with E-state index < -0.39 is 16.6 Å². The van der Waals surface area contributed by atoms with E-state index in [1.807, 2.05) is 0 Å². The number of hydrogen-bond donors (Lipinski definition) is 1. The first-order valence-electron chi connectivity index (χ1n) is 8.61. The van der Waals surface area contributed by atoms with Crippen LogP contribution in [0.5, 0.6) is 0 Å². The number of nitrogens with zero attached hydrogens (tertiary/aromatic N) is 3. The lowest BCUT2D eigenvalue weighted by Crippen LogP contribution is -2.16. The molecule has 28 heavy (non-hydrogen) atoms. The Bertz CT molecular complexity index is 1080. The fourth-order valence-corrected chi connectivity index (χ4v) is 3.02. The number of hydrogen-bond acceptors (Lipinski definition) is 4. The molecule has 8 heteroatoms. The van der Waals surface area contributed by atoms with E-state index in [2.05, 4.69) is 10.4 Å². The molecule has 0 aliphatic heterocycles. The SMILES string of the molecule is Cc1ccc(NC(=O)c2ccccc2Cn2nc(C)c([N+](=O)[O-])c2C)cc1F. The zero-order valence-electron chi connectivity index (χ0n) is 15.7. The van der Waals surface area contributed by atoms with Gasteiger partial charge in [-0.1, -0.05) is 24.3 Å². The van der Waals surface area contributed by atoms with E-state index in [1.165, 1.54) is 10.7 Å². The summed E-state index contributed by atoms with van der Waals surface area (Å²) in [4.78, 5) is 23.5. The number of nitro groups is 1. The van der Waals surface area contributed by atoms with E-state index in [0.29, 0.717) is 33.8 Å². The van der Waals surface area contributed by atoms with Gasteiger partial charge in [-0.25, -0.2) is 4.39 Å². The topological polar surface area (TPSA) is 90.1 Å². The number of rotatable bonds is 5. The molecule has 2 aromatic carbocycles. The third-order valence-corrected chi connectivity index (χ3v) is 4.54. The number of benzene rings is 2. The number of carbonyl (C=O) groups is 1. The van der Waals surface area contributed by atoms with Crippen LogP contribution >= 0.6 is 0 Å². The van der Waals surface area contributed by atoms with Crippen LogP contribution in [0.25, 0.3) is 0 Å². The number of halogens is 1. The average Bonchev–Trinajstić information content (AvgIpc) is 2.92. The van der Waals surface area contributed by atoms with E-state index in [9.17, 15) is 19.3 Å². The molecule has 0 aliphatic carbocycles. The Labute approximate surface area is 161 Å². The summed E-state index contributed by atoms with van der Waals surface area (Å²) in [5.41, 5.74) is 2.58. The monoisotopic (exact) mass is 382 g/mol. The summed E-state index contributed by atoms with van der Waals surface area (Å²) in [6, 6.07) is 11.4. The van der Waals surface area contributed by atoms with Crippen molar-refractivity contribution in [2.24, 2.45) is 0 Å². The maximum Gasteiger partial charge on any atom is 0.312 e. The third-order valence-electron chi connectivity index (χ3n) is 4.54. The largest absolute Gasteiger partial charge is 0.322 e. The van der Waals surface area contributed by atoms with Gasteiger partial charge < -0.3 is 5.32 Å². The lowest BCUT2D eigenvalue weighted by molar-refractivity contribution is -0.386. The molecule has 0 saturated carbocycles. The van der Waals surface area contributed by atoms with E-state index in [4.69, 9.17) is 0 Å². The molecular formula is C20H19FN4O3. The predicted octanol–water partition coefficient (Wildman–Crippen LogP) is 4.16. The number of anilines is 1. The highest BCUT2D eigenvalue weighted by molar-refractivity contribution is 6.05. The van der Waals surface area contributed by atoms with Gasteiger partial charge in [-0.3, -0.25) is 19.6 Å². The van der Waals surface area contributed by atoms with Crippen molar-refractivity contribution in [2.75, 3.05) is 5.32 Å². The van der Waals surface area contributed by atoms with Gasteiger partial charge in [0.2, 0.25) is 0 Å². The molecule has 144 valence electrons. The Morgan fingerprint density at radius 2 is 1.93 bits per heavy atom. The Morgan fingerprint density at radius 1 is 1.21 bits per heavy atom. The molecule has 0 fully saturated rings. The average molecular weight is 382 g/mol. The molecule has 7 nitrogen and oxygen atoms in total.